The number of aromatic nitrogens is 4. The Morgan fingerprint density at radius 2 is 1.93 bits per heavy atom. The van der Waals surface area contributed by atoms with Crippen molar-refractivity contribution in [1.82, 2.24) is 20.2 Å². The first-order valence-corrected chi connectivity index (χ1v) is 9.34. The Hall–Kier alpha value is -3.26. The summed E-state index contributed by atoms with van der Waals surface area (Å²) in [6, 6.07) is 8.28. The smallest absolute Gasteiger partial charge is 0.189 e. The van der Waals surface area contributed by atoms with E-state index in [0.717, 1.165) is 48.4 Å². The molecular formula is C20H23N7O. The van der Waals surface area contributed by atoms with Crippen LogP contribution in [0.4, 0.5) is 11.5 Å². The van der Waals surface area contributed by atoms with Crippen molar-refractivity contribution < 1.29 is 4.79 Å². The van der Waals surface area contributed by atoms with Crippen molar-refractivity contribution in [2.75, 3.05) is 23.7 Å². The number of carbonyl (C=O) groups is 1. The van der Waals surface area contributed by atoms with Gasteiger partial charge in [-0.15, -0.1) is 0 Å². The van der Waals surface area contributed by atoms with Crippen molar-refractivity contribution in [3.05, 3.63) is 54.1 Å². The normalized spacial score (nSPS) is 15.0. The second-order valence-corrected chi connectivity index (χ2v) is 7.03. The molecule has 2 aromatic heterocycles. The number of carbonyl (C=O) groups excluding carboxylic acids is 1. The molecule has 0 atom stereocenters. The monoisotopic (exact) mass is 377 g/mol. The van der Waals surface area contributed by atoms with Crippen molar-refractivity contribution in [2.45, 2.75) is 25.3 Å². The van der Waals surface area contributed by atoms with E-state index in [1.165, 1.54) is 12.4 Å². The number of nitrogen functional groups attached to an aromatic ring is 1. The minimum absolute atomic E-state index is 0.151. The summed E-state index contributed by atoms with van der Waals surface area (Å²) in [6.07, 6.45) is 6.74. The number of nitrogens with two attached hydrogens (primary N) is 2. The summed E-state index contributed by atoms with van der Waals surface area (Å²) in [7, 11) is 0. The molecule has 0 unspecified atom stereocenters. The van der Waals surface area contributed by atoms with E-state index < -0.39 is 0 Å². The zero-order valence-corrected chi connectivity index (χ0v) is 15.5. The predicted molar refractivity (Wildman–Crippen MR) is 108 cm³/mol. The number of Topliss-reactive ketones (excluding diaryl/α,β-unsaturated/α-hetero) is 1. The van der Waals surface area contributed by atoms with Crippen molar-refractivity contribution in [2.24, 2.45) is 5.73 Å². The number of H-pyrrole nitrogens is 1. The second kappa shape index (κ2) is 7.77. The Balaban J connectivity index is 1.68. The Morgan fingerprint density at radius 1 is 1.14 bits per heavy atom. The van der Waals surface area contributed by atoms with Crippen LogP contribution in [0.1, 0.15) is 28.9 Å². The van der Waals surface area contributed by atoms with Gasteiger partial charge in [0, 0.05) is 49.8 Å². The first-order valence-electron chi connectivity index (χ1n) is 9.34. The minimum Gasteiger partial charge on any atom is -0.382 e. The molecule has 4 rings (SSSR count). The fourth-order valence-electron chi connectivity index (χ4n) is 3.58. The number of benzene rings is 1. The van der Waals surface area contributed by atoms with Gasteiger partial charge in [0.05, 0.1) is 5.69 Å². The van der Waals surface area contributed by atoms with Gasteiger partial charge in [-0.2, -0.15) is 5.10 Å². The summed E-state index contributed by atoms with van der Waals surface area (Å²) < 4.78 is 0. The molecule has 1 aromatic carbocycles. The topological polar surface area (TPSA) is 127 Å². The van der Waals surface area contributed by atoms with Gasteiger partial charge < -0.3 is 16.4 Å². The van der Waals surface area contributed by atoms with Gasteiger partial charge in [-0.3, -0.25) is 9.89 Å². The molecule has 0 radical (unpaired) electrons. The first kappa shape index (κ1) is 18.1. The minimum atomic E-state index is -0.151. The van der Waals surface area contributed by atoms with Crippen LogP contribution in [-0.4, -0.2) is 45.1 Å². The van der Waals surface area contributed by atoms with Crippen molar-refractivity contribution >= 4 is 17.3 Å². The molecule has 0 bridgehead atoms. The Bertz CT molecular complexity index is 962. The number of rotatable bonds is 5. The number of ketones is 1. The first-order chi connectivity index (χ1) is 13.6. The van der Waals surface area contributed by atoms with Gasteiger partial charge in [0.1, 0.15) is 5.69 Å². The summed E-state index contributed by atoms with van der Waals surface area (Å²) in [6.45, 7) is 1.75. The van der Waals surface area contributed by atoms with E-state index in [-0.39, 0.29) is 29.8 Å². The summed E-state index contributed by atoms with van der Waals surface area (Å²) >= 11 is 0. The molecule has 1 aliphatic heterocycles. The standard InChI is InChI=1S/C20H23N7O/c21-15-4-9-27(10-5-15)17-2-1-13(16-3-6-25-26-16)11-14(17)12-18(28)19-20(22)24-8-7-23-19/h1-3,6-8,11,15H,4-5,9-10,12,21H2,(H2,22,24)(H,25,26). The number of aromatic amines is 1. The molecular weight excluding hydrogens is 354 g/mol. The molecule has 1 saturated heterocycles. The van der Waals surface area contributed by atoms with Crippen LogP contribution in [0.15, 0.2) is 42.9 Å². The number of nitrogens with zero attached hydrogens (tertiary/aromatic N) is 4. The molecule has 8 nitrogen and oxygen atoms in total. The maximum atomic E-state index is 12.9. The number of anilines is 2. The fraction of sp³-hybridized carbons (Fsp3) is 0.300. The van der Waals surface area contributed by atoms with Gasteiger partial charge >= 0.3 is 0 Å². The van der Waals surface area contributed by atoms with E-state index in [1.807, 2.05) is 18.2 Å². The second-order valence-electron chi connectivity index (χ2n) is 7.03. The molecule has 28 heavy (non-hydrogen) atoms. The van der Waals surface area contributed by atoms with Crippen LogP contribution in [0.2, 0.25) is 0 Å². The Kier molecular flexibility index (Phi) is 5.03. The molecule has 8 heteroatoms. The summed E-state index contributed by atoms with van der Waals surface area (Å²) in [4.78, 5) is 23.3. The van der Waals surface area contributed by atoms with Crippen LogP contribution in [-0.2, 0) is 6.42 Å². The molecule has 5 N–H and O–H groups in total. The van der Waals surface area contributed by atoms with Crippen molar-refractivity contribution in [1.29, 1.82) is 0 Å². The van der Waals surface area contributed by atoms with Crippen LogP contribution in [0.3, 0.4) is 0 Å². The molecule has 1 aliphatic rings. The highest BCUT2D eigenvalue weighted by Crippen LogP contribution is 2.30. The predicted octanol–water partition coefficient (Wildman–Crippen LogP) is 1.80. The number of hydrogen-bond acceptors (Lipinski definition) is 7. The summed E-state index contributed by atoms with van der Waals surface area (Å²) in [5, 5.41) is 6.99. The largest absolute Gasteiger partial charge is 0.382 e. The van der Waals surface area contributed by atoms with Crippen LogP contribution in [0.25, 0.3) is 11.3 Å². The fourth-order valence-corrected chi connectivity index (χ4v) is 3.58. The molecule has 0 amide bonds. The van der Waals surface area contributed by atoms with Gasteiger partial charge in [0.15, 0.2) is 11.6 Å². The highest BCUT2D eigenvalue weighted by atomic mass is 16.1. The molecule has 1 fully saturated rings. The molecule has 144 valence electrons. The zero-order chi connectivity index (χ0) is 19.5. The lowest BCUT2D eigenvalue weighted by atomic mass is 9.98. The lowest BCUT2D eigenvalue weighted by molar-refractivity contribution is 0.0989. The van der Waals surface area contributed by atoms with Crippen LogP contribution in [0.5, 0.6) is 0 Å². The van der Waals surface area contributed by atoms with E-state index in [0.29, 0.717) is 0 Å². The van der Waals surface area contributed by atoms with Crippen molar-refractivity contribution in [3.63, 3.8) is 0 Å². The SMILES string of the molecule is Nc1nccnc1C(=O)Cc1cc(-c2ccn[nH]2)ccc1N1CCC(N)CC1. The third kappa shape index (κ3) is 3.72. The Labute approximate surface area is 163 Å². The van der Waals surface area contributed by atoms with Crippen molar-refractivity contribution in [3.8, 4) is 11.3 Å². The van der Waals surface area contributed by atoms with E-state index in [2.05, 4.69) is 31.1 Å². The van der Waals surface area contributed by atoms with Gasteiger partial charge in [0.25, 0.3) is 0 Å². The number of nitrogens with one attached hydrogen (secondary N) is 1. The third-order valence-corrected chi connectivity index (χ3v) is 5.11. The van der Waals surface area contributed by atoms with E-state index >= 15 is 0 Å². The highest BCUT2D eigenvalue weighted by Gasteiger charge is 2.22. The summed E-state index contributed by atoms with van der Waals surface area (Å²) in [5.74, 6) is 0.00467. The number of piperidine rings is 1. The van der Waals surface area contributed by atoms with Gasteiger partial charge in [-0.25, -0.2) is 9.97 Å². The van der Waals surface area contributed by atoms with E-state index in [9.17, 15) is 4.79 Å². The maximum Gasteiger partial charge on any atom is 0.189 e. The van der Waals surface area contributed by atoms with Gasteiger partial charge in [-0.05, 0) is 42.2 Å². The quantitative estimate of drug-likeness (QED) is 0.579. The lowest BCUT2D eigenvalue weighted by Crippen LogP contribution is -2.40. The Morgan fingerprint density at radius 3 is 2.64 bits per heavy atom. The lowest BCUT2D eigenvalue weighted by Gasteiger charge is -2.33. The van der Waals surface area contributed by atoms with Crippen LogP contribution < -0.4 is 16.4 Å². The van der Waals surface area contributed by atoms with Crippen LogP contribution in [0, 0.1) is 0 Å². The number of hydrogen-bond donors (Lipinski definition) is 3. The highest BCUT2D eigenvalue weighted by molar-refractivity contribution is 6.00. The molecule has 0 aliphatic carbocycles. The van der Waals surface area contributed by atoms with Gasteiger partial charge in [-0.1, -0.05) is 6.07 Å². The maximum absolute atomic E-state index is 12.9. The molecule has 3 heterocycles. The third-order valence-electron chi connectivity index (χ3n) is 5.11. The van der Waals surface area contributed by atoms with E-state index in [1.54, 1.807) is 6.20 Å². The average molecular weight is 377 g/mol. The van der Waals surface area contributed by atoms with Gasteiger partial charge in [0.2, 0.25) is 0 Å². The van der Waals surface area contributed by atoms with Crippen LogP contribution >= 0.6 is 0 Å². The summed E-state index contributed by atoms with van der Waals surface area (Å²) in [5.41, 5.74) is 16.0. The molecule has 0 saturated carbocycles. The van der Waals surface area contributed by atoms with E-state index in [4.69, 9.17) is 11.5 Å². The average Bonchev–Trinajstić information content (AvgIpc) is 3.24. The zero-order valence-electron chi connectivity index (χ0n) is 15.5. The molecule has 3 aromatic rings. The molecule has 0 spiro atoms.